The van der Waals surface area contributed by atoms with Gasteiger partial charge >= 0.3 is 5.97 Å². The highest BCUT2D eigenvalue weighted by atomic mass is 79.9. The molecule has 0 saturated heterocycles. The Morgan fingerprint density at radius 2 is 2.20 bits per heavy atom. The fraction of sp³-hybridized carbons (Fsp3) is 0.182. The molecule has 0 fully saturated rings. The van der Waals surface area contributed by atoms with E-state index in [0.29, 0.717) is 5.75 Å². The number of halogens is 1. The molecule has 0 saturated carbocycles. The van der Waals surface area contributed by atoms with Crippen molar-refractivity contribution in [2.45, 2.75) is 6.92 Å². The number of carboxylic acid groups (broad SMARTS) is 1. The molecule has 1 aromatic rings. The van der Waals surface area contributed by atoms with E-state index in [1.54, 1.807) is 7.11 Å². The lowest BCUT2D eigenvalue weighted by molar-refractivity contribution is -0.131. The second kappa shape index (κ2) is 4.98. The third-order valence-electron chi connectivity index (χ3n) is 1.94. The lowest BCUT2D eigenvalue weighted by Gasteiger charge is -2.09. The van der Waals surface area contributed by atoms with Crippen molar-refractivity contribution in [1.29, 1.82) is 0 Å². The SMILES string of the molecule is COc1c(C)ccc(Br)c1/C=C/C(=O)O. The number of methoxy groups -OCH3 is 1. The predicted octanol–water partition coefficient (Wildman–Crippen LogP) is 2.86. The number of aryl methyl sites for hydroxylation is 1. The molecular weight excluding hydrogens is 260 g/mol. The number of carboxylic acids is 1. The van der Waals surface area contributed by atoms with E-state index in [-0.39, 0.29) is 0 Å². The second-order valence-electron chi connectivity index (χ2n) is 2.98. The summed E-state index contributed by atoms with van der Waals surface area (Å²) in [6.45, 7) is 1.91. The van der Waals surface area contributed by atoms with Crippen molar-refractivity contribution in [2.24, 2.45) is 0 Å². The van der Waals surface area contributed by atoms with Crippen molar-refractivity contribution >= 4 is 28.0 Å². The molecule has 0 aliphatic heterocycles. The number of carbonyl (C=O) groups is 1. The summed E-state index contributed by atoms with van der Waals surface area (Å²) in [5, 5.41) is 8.56. The van der Waals surface area contributed by atoms with Gasteiger partial charge in [0.05, 0.1) is 7.11 Å². The van der Waals surface area contributed by atoms with Crippen LogP contribution in [0.2, 0.25) is 0 Å². The standard InChI is InChI=1S/C11H11BrO3/c1-7-3-5-9(12)8(11(7)15-2)4-6-10(13)14/h3-6H,1-2H3,(H,13,14)/b6-4+. The van der Waals surface area contributed by atoms with Crippen molar-refractivity contribution in [3.63, 3.8) is 0 Å². The highest BCUT2D eigenvalue weighted by molar-refractivity contribution is 9.10. The molecule has 3 nitrogen and oxygen atoms in total. The summed E-state index contributed by atoms with van der Waals surface area (Å²) >= 11 is 3.35. The maximum absolute atomic E-state index is 10.4. The van der Waals surface area contributed by atoms with Gasteiger partial charge in [0.25, 0.3) is 0 Å². The van der Waals surface area contributed by atoms with Crippen molar-refractivity contribution in [3.8, 4) is 5.75 Å². The van der Waals surface area contributed by atoms with Gasteiger partial charge in [-0.3, -0.25) is 0 Å². The first-order valence-electron chi connectivity index (χ1n) is 4.30. The van der Waals surface area contributed by atoms with E-state index in [4.69, 9.17) is 9.84 Å². The first-order valence-corrected chi connectivity index (χ1v) is 5.09. The number of rotatable bonds is 3. The van der Waals surface area contributed by atoms with Gasteiger partial charge in [0.2, 0.25) is 0 Å². The Balaban J connectivity index is 3.25. The number of benzene rings is 1. The van der Waals surface area contributed by atoms with Crippen molar-refractivity contribution in [3.05, 3.63) is 33.8 Å². The Morgan fingerprint density at radius 3 is 2.73 bits per heavy atom. The van der Waals surface area contributed by atoms with E-state index in [1.807, 2.05) is 19.1 Å². The Hall–Kier alpha value is -1.29. The van der Waals surface area contributed by atoms with Gasteiger partial charge in [-0.15, -0.1) is 0 Å². The Labute approximate surface area is 96.5 Å². The highest BCUT2D eigenvalue weighted by Crippen LogP contribution is 2.31. The second-order valence-corrected chi connectivity index (χ2v) is 3.84. The minimum Gasteiger partial charge on any atom is -0.496 e. The number of aliphatic carboxylic acids is 1. The minimum absolute atomic E-state index is 0.682. The molecule has 1 N–H and O–H groups in total. The summed E-state index contributed by atoms with van der Waals surface area (Å²) in [6, 6.07) is 3.76. The van der Waals surface area contributed by atoms with E-state index in [9.17, 15) is 4.79 Å². The Bertz CT molecular complexity index is 411. The summed E-state index contributed by atoms with van der Waals surface area (Å²) in [6.07, 6.45) is 2.60. The predicted molar refractivity (Wildman–Crippen MR) is 62.1 cm³/mol. The molecule has 4 heteroatoms. The fourth-order valence-corrected chi connectivity index (χ4v) is 1.71. The summed E-state index contributed by atoms with van der Waals surface area (Å²) in [4.78, 5) is 10.4. The van der Waals surface area contributed by atoms with Gasteiger partial charge in [-0.25, -0.2) is 4.79 Å². The molecule has 15 heavy (non-hydrogen) atoms. The normalized spacial score (nSPS) is 10.6. The average molecular weight is 271 g/mol. The van der Waals surface area contributed by atoms with Crippen LogP contribution in [0.15, 0.2) is 22.7 Å². The van der Waals surface area contributed by atoms with E-state index < -0.39 is 5.97 Å². The molecule has 0 spiro atoms. The molecule has 0 unspecified atom stereocenters. The van der Waals surface area contributed by atoms with E-state index in [2.05, 4.69) is 15.9 Å². The van der Waals surface area contributed by atoms with Crippen LogP contribution < -0.4 is 4.74 Å². The molecule has 0 heterocycles. The summed E-state index contributed by atoms with van der Waals surface area (Å²) < 4.78 is 6.02. The quantitative estimate of drug-likeness (QED) is 0.860. The van der Waals surface area contributed by atoms with Crippen LogP contribution in [0.25, 0.3) is 6.08 Å². The van der Waals surface area contributed by atoms with Crippen LogP contribution in [-0.2, 0) is 4.79 Å². The number of hydrogen-bond acceptors (Lipinski definition) is 2. The molecule has 1 rings (SSSR count). The zero-order valence-corrected chi connectivity index (χ0v) is 10.0. The number of hydrogen-bond donors (Lipinski definition) is 1. The molecular formula is C11H11BrO3. The van der Waals surface area contributed by atoms with Crippen LogP contribution in [-0.4, -0.2) is 18.2 Å². The first-order chi connectivity index (χ1) is 7.06. The lowest BCUT2D eigenvalue weighted by atomic mass is 10.1. The van der Waals surface area contributed by atoms with Gasteiger partial charge < -0.3 is 9.84 Å². The van der Waals surface area contributed by atoms with E-state index in [0.717, 1.165) is 21.7 Å². The molecule has 0 radical (unpaired) electrons. The third kappa shape index (κ3) is 2.83. The van der Waals surface area contributed by atoms with Crippen LogP contribution in [0.1, 0.15) is 11.1 Å². The molecule has 0 amide bonds. The van der Waals surface area contributed by atoms with Crippen LogP contribution in [0.4, 0.5) is 0 Å². The summed E-state index contributed by atoms with van der Waals surface area (Å²) in [7, 11) is 1.56. The van der Waals surface area contributed by atoms with Crippen molar-refractivity contribution in [1.82, 2.24) is 0 Å². The zero-order chi connectivity index (χ0) is 11.4. The minimum atomic E-state index is -0.981. The molecule has 0 bridgehead atoms. The van der Waals surface area contributed by atoms with Crippen LogP contribution in [0.5, 0.6) is 5.75 Å². The summed E-state index contributed by atoms with van der Waals surface area (Å²) in [5.41, 5.74) is 1.70. The third-order valence-corrected chi connectivity index (χ3v) is 2.63. The van der Waals surface area contributed by atoms with Crippen LogP contribution in [0, 0.1) is 6.92 Å². The molecule has 1 aromatic carbocycles. The lowest BCUT2D eigenvalue weighted by Crippen LogP contribution is -1.93. The van der Waals surface area contributed by atoms with Gasteiger partial charge in [-0.1, -0.05) is 22.0 Å². The first kappa shape index (κ1) is 11.8. The fourth-order valence-electron chi connectivity index (χ4n) is 1.27. The average Bonchev–Trinajstić information content (AvgIpc) is 2.19. The van der Waals surface area contributed by atoms with Gasteiger partial charge in [0.15, 0.2) is 0 Å². The highest BCUT2D eigenvalue weighted by Gasteiger charge is 2.07. The monoisotopic (exact) mass is 270 g/mol. The Morgan fingerprint density at radius 1 is 1.53 bits per heavy atom. The van der Waals surface area contributed by atoms with Crippen LogP contribution in [0.3, 0.4) is 0 Å². The van der Waals surface area contributed by atoms with Gasteiger partial charge in [-0.2, -0.15) is 0 Å². The van der Waals surface area contributed by atoms with Crippen LogP contribution >= 0.6 is 15.9 Å². The smallest absolute Gasteiger partial charge is 0.328 e. The molecule has 0 aliphatic carbocycles. The molecule has 80 valence electrons. The van der Waals surface area contributed by atoms with Crippen molar-refractivity contribution < 1.29 is 14.6 Å². The molecule has 0 atom stereocenters. The largest absolute Gasteiger partial charge is 0.496 e. The van der Waals surface area contributed by atoms with E-state index in [1.165, 1.54) is 6.08 Å². The van der Waals surface area contributed by atoms with Gasteiger partial charge in [-0.05, 0) is 24.6 Å². The topological polar surface area (TPSA) is 46.5 Å². The van der Waals surface area contributed by atoms with Gasteiger partial charge in [0.1, 0.15) is 5.75 Å². The molecule has 0 aliphatic rings. The molecule has 0 aromatic heterocycles. The zero-order valence-electron chi connectivity index (χ0n) is 8.45. The number of ether oxygens (including phenoxy) is 1. The summed E-state index contributed by atoms with van der Waals surface area (Å²) in [5.74, 6) is -0.299. The van der Waals surface area contributed by atoms with E-state index >= 15 is 0 Å². The Kier molecular flexibility index (Phi) is 3.91. The maximum Gasteiger partial charge on any atom is 0.328 e. The van der Waals surface area contributed by atoms with Gasteiger partial charge in [0, 0.05) is 16.1 Å². The maximum atomic E-state index is 10.4. The van der Waals surface area contributed by atoms with Crippen molar-refractivity contribution in [2.75, 3.05) is 7.11 Å².